The molecule has 88 valence electrons. The molecule has 1 amide bonds. The van der Waals surface area contributed by atoms with Crippen LogP contribution in [0.2, 0.25) is 0 Å². The third-order valence-electron chi connectivity index (χ3n) is 3.03. The van der Waals surface area contributed by atoms with Gasteiger partial charge in [-0.2, -0.15) is 0 Å². The fourth-order valence-corrected chi connectivity index (χ4v) is 2.94. The second kappa shape index (κ2) is 4.97. The van der Waals surface area contributed by atoms with Gasteiger partial charge < -0.3 is 10.6 Å². The van der Waals surface area contributed by atoms with E-state index in [1.54, 1.807) is 11.3 Å². The van der Waals surface area contributed by atoms with Crippen LogP contribution in [-0.4, -0.2) is 18.5 Å². The molecular weight excluding hydrogens is 220 g/mol. The van der Waals surface area contributed by atoms with Gasteiger partial charge in [0.15, 0.2) is 0 Å². The van der Waals surface area contributed by atoms with E-state index >= 15 is 0 Å². The van der Waals surface area contributed by atoms with Gasteiger partial charge in [0.1, 0.15) is 0 Å². The molecule has 1 aliphatic rings. The highest BCUT2D eigenvalue weighted by Gasteiger charge is 2.21. The maximum Gasteiger partial charge on any atom is 0.237 e. The molecule has 1 aromatic rings. The van der Waals surface area contributed by atoms with E-state index in [1.807, 2.05) is 0 Å². The molecule has 4 heteroatoms. The van der Waals surface area contributed by atoms with Crippen molar-refractivity contribution in [2.45, 2.75) is 39.3 Å². The average molecular weight is 238 g/mol. The van der Waals surface area contributed by atoms with Crippen molar-refractivity contribution in [1.29, 1.82) is 0 Å². The number of aryl methyl sites for hydroxylation is 2. The van der Waals surface area contributed by atoms with E-state index in [-0.39, 0.29) is 11.9 Å². The molecule has 0 aromatic carbocycles. The van der Waals surface area contributed by atoms with Crippen LogP contribution in [0.1, 0.15) is 28.2 Å². The Labute approximate surface area is 100 Å². The number of rotatable bonds is 3. The van der Waals surface area contributed by atoms with Crippen LogP contribution in [-0.2, 0) is 11.3 Å². The zero-order chi connectivity index (χ0) is 11.5. The highest BCUT2D eigenvalue weighted by molar-refractivity contribution is 7.12. The minimum Gasteiger partial charge on any atom is -0.350 e. The molecule has 0 bridgehead atoms. The lowest BCUT2D eigenvalue weighted by Gasteiger charge is -2.09. The molecule has 1 aliphatic heterocycles. The summed E-state index contributed by atoms with van der Waals surface area (Å²) in [7, 11) is 0. The Kier molecular flexibility index (Phi) is 3.61. The van der Waals surface area contributed by atoms with Crippen LogP contribution < -0.4 is 10.6 Å². The van der Waals surface area contributed by atoms with Crippen molar-refractivity contribution >= 4 is 17.2 Å². The SMILES string of the molecule is Cc1cc(CNC(=O)C2CCCN2)sc1C. The summed E-state index contributed by atoms with van der Waals surface area (Å²) < 4.78 is 0. The van der Waals surface area contributed by atoms with E-state index in [4.69, 9.17) is 0 Å². The molecule has 1 atom stereocenters. The first-order valence-electron chi connectivity index (χ1n) is 5.74. The van der Waals surface area contributed by atoms with E-state index in [1.165, 1.54) is 15.3 Å². The van der Waals surface area contributed by atoms with Crippen molar-refractivity contribution in [3.05, 3.63) is 21.4 Å². The average Bonchev–Trinajstić information content (AvgIpc) is 2.86. The van der Waals surface area contributed by atoms with E-state index in [2.05, 4.69) is 30.5 Å². The third-order valence-corrected chi connectivity index (χ3v) is 4.18. The number of carbonyl (C=O) groups is 1. The fourth-order valence-electron chi connectivity index (χ4n) is 1.94. The minimum absolute atomic E-state index is 0.0298. The van der Waals surface area contributed by atoms with Gasteiger partial charge in [0.25, 0.3) is 0 Å². The molecule has 16 heavy (non-hydrogen) atoms. The Morgan fingerprint density at radius 3 is 3.00 bits per heavy atom. The number of carbonyl (C=O) groups excluding carboxylic acids is 1. The molecule has 0 aliphatic carbocycles. The summed E-state index contributed by atoms with van der Waals surface area (Å²) in [6.45, 7) is 5.85. The van der Waals surface area contributed by atoms with Crippen LogP contribution in [0.5, 0.6) is 0 Å². The van der Waals surface area contributed by atoms with E-state index < -0.39 is 0 Å². The van der Waals surface area contributed by atoms with Gasteiger partial charge in [-0.3, -0.25) is 4.79 Å². The van der Waals surface area contributed by atoms with Crippen molar-refractivity contribution in [1.82, 2.24) is 10.6 Å². The predicted octanol–water partition coefficient (Wildman–Crippen LogP) is 1.73. The van der Waals surface area contributed by atoms with Crippen LogP contribution in [0, 0.1) is 13.8 Å². The Bertz CT molecular complexity index is 361. The van der Waals surface area contributed by atoms with E-state index in [9.17, 15) is 4.79 Å². The zero-order valence-electron chi connectivity index (χ0n) is 9.80. The molecule has 1 aromatic heterocycles. The molecule has 0 saturated carbocycles. The molecule has 1 unspecified atom stereocenters. The summed E-state index contributed by atoms with van der Waals surface area (Å²) in [6, 6.07) is 2.18. The van der Waals surface area contributed by atoms with Gasteiger partial charge in [0, 0.05) is 9.75 Å². The molecule has 0 radical (unpaired) electrons. The number of hydrogen-bond donors (Lipinski definition) is 2. The maximum absolute atomic E-state index is 11.7. The quantitative estimate of drug-likeness (QED) is 0.842. The first kappa shape index (κ1) is 11.6. The summed E-state index contributed by atoms with van der Waals surface area (Å²) in [4.78, 5) is 14.3. The molecule has 2 N–H and O–H groups in total. The molecule has 2 heterocycles. The van der Waals surface area contributed by atoms with E-state index in [0.29, 0.717) is 6.54 Å². The summed E-state index contributed by atoms with van der Waals surface area (Å²) in [6.07, 6.45) is 2.07. The molecule has 0 spiro atoms. The fraction of sp³-hybridized carbons (Fsp3) is 0.583. The van der Waals surface area contributed by atoms with Crippen LogP contribution in [0.3, 0.4) is 0 Å². The van der Waals surface area contributed by atoms with Crippen molar-refractivity contribution in [2.75, 3.05) is 6.54 Å². The highest BCUT2D eigenvalue weighted by atomic mass is 32.1. The van der Waals surface area contributed by atoms with Crippen LogP contribution in [0.4, 0.5) is 0 Å². The standard InChI is InChI=1S/C12H18N2OS/c1-8-6-10(16-9(8)2)7-14-12(15)11-4-3-5-13-11/h6,11,13H,3-5,7H2,1-2H3,(H,14,15). The minimum atomic E-state index is 0.0298. The molecular formula is C12H18N2OS. The van der Waals surface area contributed by atoms with Gasteiger partial charge in [-0.25, -0.2) is 0 Å². The molecule has 1 fully saturated rings. The number of thiophene rings is 1. The third kappa shape index (κ3) is 2.62. The van der Waals surface area contributed by atoms with Crippen molar-refractivity contribution in [3.8, 4) is 0 Å². The number of nitrogens with one attached hydrogen (secondary N) is 2. The lowest BCUT2D eigenvalue weighted by Crippen LogP contribution is -2.39. The van der Waals surface area contributed by atoms with Crippen LogP contribution >= 0.6 is 11.3 Å². The van der Waals surface area contributed by atoms with Gasteiger partial charge in [0.2, 0.25) is 5.91 Å². The van der Waals surface area contributed by atoms with Crippen molar-refractivity contribution in [3.63, 3.8) is 0 Å². The lowest BCUT2D eigenvalue weighted by atomic mass is 10.2. The van der Waals surface area contributed by atoms with Gasteiger partial charge in [-0.15, -0.1) is 11.3 Å². The topological polar surface area (TPSA) is 41.1 Å². The van der Waals surface area contributed by atoms with E-state index in [0.717, 1.165) is 19.4 Å². The first-order valence-corrected chi connectivity index (χ1v) is 6.55. The van der Waals surface area contributed by atoms with Crippen LogP contribution in [0.25, 0.3) is 0 Å². The van der Waals surface area contributed by atoms with Gasteiger partial charge in [-0.05, 0) is 44.9 Å². The van der Waals surface area contributed by atoms with Crippen molar-refractivity contribution in [2.24, 2.45) is 0 Å². The second-order valence-corrected chi connectivity index (χ2v) is 5.66. The summed E-state index contributed by atoms with van der Waals surface area (Å²) in [5.74, 6) is 0.140. The van der Waals surface area contributed by atoms with Gasteiger partial charge >= 0.3 is 0 Å². The van der Waals surface area contributed by atoms with Crippen molar-refractivity contribution < 1.29 is 4.79 Å². The smallest absolute Gasteiger partial charge is 0.237 e. The normalized spacial score (nSPS) is 20.0. The molecule has 2 rings (SSSR count). The van der Waals surface area contributed by atoms with Crippen LogP contribution in [0.15, 0.2) is 6.07 Å². The highest BCUT2D eigenvalue weighted by Crippen LogP contribution is 2.20. The Morgan fingerprint density at radius 1 is 1.62 bits per heavy atom. The van der Waals surface area contributed by atoms with Gasteiger partial charge in [0.05, 0.1) is 12.6 Å². The lowest BCUT2D eigenvalue weighted by molar-refractivity contribution is -0.122. The predicted molar refractivity (Wildman–Crippen MR) is 66.7 cm³/mol. The summed E-state index contributed by atoms with van der Waals surface area (Å²) in [5.41, 5.74) is 1.31. The summed E-state index contributed by atoms with van der Waals surface area (Å²) in [5, 5.41) is 6.19. The Hall–Kier alpha value is -0.870. The summed E-state index contributed by atoms with van der Waals surface area (Å²) >= 11 is 1.76. The maximum atomic E-state index is 11.7. The monoisotopic (exact) mass is 238 g/mol. The zero-order valence-corrected chi connectivity index (χ0v) is 10.6. The Morgan fingerprint density at radius 2 is 2.44 bits per heavy atom. The molecule has 1 saturated heterocycles. The number of hydrogen-bond acceptors (Lipinski definition) is 3. The number of amides is 1. The largest absolute Gasteiger partial charge is 0.350 e. The second-order valence-electron chi connectivity index (χ2n) is 4.32. The van der Waals surface area contributed by atoms with Gasteiger partial charge in [-0.1, -0.05) is 0 Å². The first-order chi connectivity index (χ1) is 7.66. The Balaban J connectivity index is 1.84. The molecule has 3 nitrogen and oxygen atoms in total.